The van der Waals surface area contributed by atoms with Crippen molar-refractivity contribution >= 4 is 17.9 Å². The summed E-state index contributed by atoms with van der Waals surface area (Å²) < 4.78 is 4.98. The molecule has 0 radical (unpaired) electrons. The van der Waals surface area contributed by atoms with Gasteiger partial charge in [0.1, 0.15) is 6.04 Å². The van der Waals surface area contributed by atoms with Crippen LogP contribution in [0, 0.1) is 0 Å². The highest BCUT2D eigenvalue weighted by molar-refractivity contribution is 5.87. The first-order valence-electron chi connectivity index (χ1n) is 5.33. The lowest BCUT2D eigenvalue weighted by Gasteiger charge is -2.23. The number of nitrogens with two attached hydrogens (primary N) is 1. The van der Waals surface area contributed by atoms with Crippen molar-refractivity contribution < 1.29 is 24.2 Å². The quantitative estimate of drug-likeness (QED) is 0.542. The lowest BCUT2D eigenvalue weighted by molar-refractivity contribution is -0.140. The molecule has 4 N–H and O–H groups in total. The van der Waals surface area contributed by atoms with Gasteiger partial charge in [-0.1, -0.05) is 0 Å². The molecule has 104 valence electrons. The van der Waals surface area contributed by atoms with Gasteiger partial charge in [-0.05, 0) is 6.92 Å². The summed E-state index contributed by atoms with van der Waals surface area (Å²) in [5.74, 6) is -2.11. The molecule has 0 bridgehead atoms. The lowest BCUT2D eigenvalue weighted by Crippen LogP contribution is -2.49. The summed E-state index contributed by atoms with van der Waals surface area (Å²) in [4.78, 5) is 34.4. The Balaban J connectivity index is 4.41. The number of aliphatic carboxylic acids is 1. The van der Waals surface area contributed by atoms with Gasteiger partial charge in [0.05, 0.1) is 12.5 Å². The number of carbonyl (C=O) groups is 3. The van der Waals surface area contributed by atoms with Crippen LogP contribution in [0.3, 0.4) is 0 Å². The van der Waals surface area contributed by atoms with E-state index in [9.17, 15) is 14.4 Å². The number of amides is 3. The third kappa shape index (κ3) is 6.04. The zero-order valence-corrected chi connectivity index (χ0v) is 10.7. The molecule has 0 saturated carbocycles. The minimum atomic E-state index is -1.32. The van der Waals surface area contributed by atoms with Crippen molar-refractivity contribution in [3.8, 4) is 0 Å². The molecule has 0 spiro atoms. The zero-order chi connectivity index (χ0) is 14.3. The molecule has 0 aromatic rings. The average Bonchev–Trinajstić information content (AvgIpc) is 2.26. The molecule has 3 amide bonds. The Labute approximate surface area is 105 Å². The molecule has 0 aliphatic carbocycles. The van der Waals surface area contributed by atoms with Gasteiger partial charge in [0.15, 0.2) is 0 Å². The van der Waals surface area contributed by atoms with Crippen LogP contribution >= 0.6 is 0 Å². The van der Waals surface area contributed by atoms with Gasteiger partial charge in [0, 0.05) is 20.7 Å². The summed E-state index contributed by atoms with van der Waals surface area (Å²) in [6, 6.07) is -1.93. The molecular weight excluding hydrogens is 242 g/mol. The highest BCUT2D eigenvalue weighted by atomic mass is 16.5. The van der Waals surface area contributed by atoms with Crippen molar-refractivity contribution in [3.05, 3.63) is 0 Å². The average molecular weight is 261 g/mol. The maximum absolute atomic E-state index is 11.6. The van der Waals surface area contributed by atoms with Crippen LogP contribution < -0.4 is 11.1 Å². The van der Waals surface area contributed by atoms with Gasteiger partial charge in [-0.25, -0.2) is 9.59 Å². The van der Waals surface area contributed by atoms with Crippen LogP contribution in [0.5, 0.6) is 0 Å². The third-order valence-electron chi connectivity index (χ3n) is 2.28. The highest BCUT2D eigenvalue weighted by Gasteiger charge is 2.24. The fraction of sp³-hybridized carbons (Fsp3) is 0.700. The Hall–Kier alpha value is -1.83. The third-order valence-corrected chi connectivity index (χ3v) is 2.28. The minimum Gasteiger partial charge on any atom is -0.480 e. The largest absolute Gasteiger partial charge is 0.480 e. The van der Waals surface area contributed by atoms with Crippen molar-refractivity contribution in [1.29, 1.82) is 0 Å². The van der Waals surface area contributed by atoms with E-state index in [0.29, 0.717) is 6.54 Å². The summed E-state index contributed by atoms with van der Waals surface area (Å²) in [5, 5.41) is 11.0. The van der Waals surface area contributed by atoms with Crippen LogP contribution in [0.1, 0.15) is 13.3 Å². The Bertz CT molecular complexity index is 321. The van der Waals surface area contributed by atoms with Gasteiger partial charge in [0.25, 0.3) is 0 Å². The molecule has 0 heterocycles. The van der Waals surface area contributed by atoms with Crippen molar-refractivity contribution in [3.63, 3.8) is 0 Å². The van der Waals surface area contributed by atoms with Crippen molar-refractivity contribution in [1.82, 2.24) is 10.2 Å². The van der Waals surface area contributed by atoms with E-state index < -0.39 is 30.4 Å². The van der Waals surface area contributed by atoms with E-state index >= 15 is 0 Å². The first kappa shape index (κ1) is 16.2. The standard InChI is InChI=1S/C10H19N3O5/c1-6(18-3)5-13(2)10(17)12-7(9(15)16)4-8(11)14/h6-7H,4-5H2,1-3H3,(H2,11,14)(H,12,17)(H,15,16)/t6?,7-/m0/s1. The number of hydrogen-bond donors (Lipinski definition) is 3. The molecule has 8 nitrogen and oxygen atoms in total. The maximum atomic E-state index is 11.6. The number of likely N-dealkylation sites (N-methyl/N-ethyl adjacent to an activating group) is 1. The number of carboxylic acids is 1. The van der Waals surface area contributed by atoms with E-state index in [1.807, 2.05) is 0 Å². The Morgan fingerprint density at radius 3 is 2.39 bits per heavy atom. The second-order valence-corrected chi connectivity index (χ2v) is 3.94. The Morgan fingerprint density at radius 1 is 1.44 bits per heavy atom. The number of ether oxygens (including phenoxy) is 1. The van der Waals surface area contributed by atoms with Gasteiger partial charge in [0.2, 0.25) is 5.91 Å². The van der Waals surface area contributed by atoms with Gasteiger partial charge < -0.3 is 25.8 Å². The SMILES string of the molecule is COC(C)CN(C)C(=O)N[C@@H](CC(N)=O)C(=O)O. The van der Waals surface area contributed by atoms with E-state index in [0.717, 1.165) is 0 Å². The number of hydrogen-bond acceptors (Lipinski definition) is 4. The van der Waals surface area contributed by atoms with Crippen LogP contribution in [0.2, 0.25) is 0 Å². The molecule has 1 unspecified atom stereocenters. The molecule has 0 fully saturated rings. The van der Waals surface area contributed by atoms with Gasteiger partial charge in [-0.15, -0.1) is 0 Å². The highest BCUT2D eigenvalue weighted by Crippen LogP contribution is 1.97. The van der Waals surface area contributed by atoms with Crippen LogP contribution in [0.4, 0.5) is 4.79 Å². The van der Waals surface area contributed by atoms with E-state index in [1.165, 1.54) is 19.1 Å². The van der Waals surface area contributed by atoms with Gasteiger partial charge >= 0.3 is 12.0 Å². The fourth-order valence-corrected chi connectivity index (χ4v) is 1.20. The van der Waals surface area contributed by atoms with Crippen molar-refractivity contribution in [2.45, 2.75) is 25.5 Å². The normalized spacial score (nSPS) is 13.5. The van der Waals surface area contributed by atoms with E-state index in [1.54, 1.807) is 6.92 Å². The summed E-state index contributed by atoms with van der Waals surface area (Å²) >= 11 is 0. The molecule has 0 aliphatic heterocycles. The van der Waals surface area contributed by atoms with E-state index in [2.05, 4.69) is 5.32 Å². The molecule has 8 heteroatoms. The molecule has 0 aliphatic rings. The number of nitrogens with one attached hydrogen (secondary N) is 1. The molecule has 0 saturated heterocycles. The van der Waals surface area contributed by atoms with Crippen LogP contribution in [0.15, 0.2) is 0 Å². The number of carbonyl (C=O) groups excluding carboxylic acids is 2. The summed E-state index contributed by atoms with van der Waals surface area (Å²) in [5.41, 5.74) is 4.90. The molecule has 0 aromatic carbocycles. The lowest BCUT2D eigenvalue weighted by atomic mass is 10.2. The first-order chi connectivity index (χ1) is 8.27. The maximum Gasteiger partial charge on any atom is 0.326 e. The van der Waals surface area contributed by atoms with Crippen LogP contribution in [-0.4, -0.2) is 60.8 Å². The number of methoxy groups -OCH3 is 1. The van der Waals surface area contributed by atoms with Crippen molar-refractivity contribution in [2.24, 2.45) is 5.73 Å². The van der Waals surface area contributed by atoms with Gasteiger partial charge in [-0.3, -0.25) is 4.79 Å². The van der Waals surface area contributed by atoms with Crippen LogP contribution in [-0.2, 0) is 14.3 Å². The summed E-state index contributed by atoms with van der Waals surface area (Å²) in [6.45, 7) is 2.06. The second-order valence-electron chi connectivity index (χ2n) is 3.94. The van der Waals surface area contributed by atoms with E-state index in [4.69, 9.17) is 15.6 Å². The molecule has 0 aromatic heterocycles. The first-order valence-corrected chi connectivity index (χ1v) is 5.33. The molecule has 0 rings (SSSR count). The smallest absolute Gasteiger partial charge is 0.326 e. The van der Waals surface area contributed by atoms with Gasteiger partial charge in [-0.2, -0.15) is 0 Å². The fourth-order valence-electron chi connectivity index (χ4n) is 1.20. The summed E-state index contributed by atoms with van der Waals surface area (Å²) in [7, 11) is 3.00. The topological polar surface area (TPSA) is 122 Å². The molecule has 18 heavy (non-hydrogen) atoms. The number of rotatable bonds is 7. The number of carboxylic acid groups (broad SMARTS) is 1. The zero-order valence-electron chi connectivity index (χ0n) is 10.7. The molecule has 2 atom stereocenters. The number of primary amides is 1. The minimum absolute atomic E-state index is 0.180. The Kier molecular flexibility index (Phi) is 6.73. The summed E-state index contributed by atoms with van der Waals surface area (Å²) in [6.07, 6.45) is -0.630. The van der Waals surface area contributed by atoms with E-state index in [-0.39, 0.29) is 6.10 Å². The van der Waals surface area contributed by atoms with Crippen LogP contribution in [0.25, 0.3) is 0 Å². The number of nitrogens with zero attached hydrogens (tertiary/aromatic N) is 1. The molecular formula is C10H19N3O5. The predicted molar refractivity (Wildman–Crippen MR) is 62.9 cm³/mol. The second kappa shape index (κ2) is 7.49. The number of urea groups is 1. The Morgan fingerprint density at radius 2 is 2.00 bits per heavy atom. The monoisotopic (exact) mass is 261 g/mol. The predicted octanol–water partition coefficient (Wildman–Crippen LogP) is -1.01. The van der Waals surface area contributed by atoms with Crippen molar-refractivity contribution in [2.75, 3.05) is 20.7 Å².